The number of nitrogens with zero attached hydrogens (tertiary/aromatic N) is 6. The van der Waals surface area contributed by atoms with Crippen LogP contribution in [0.25, 0.3) is 22.4 Å². The highest BCUT2D eigenvalue weighted by atomic mass is 16.4. The molecule has 0 saturated carbocycles. The number of aromatic nitrogens is 6. The number of carboxylic acid groups (broad SMARTS) is 1. The van der Waals surface area contributed by atoms with E-state index in [9.17, 15) is 9.59 Å². The van der Waals surface area contributed by atoms with Crippen molar-refractivity contribution in [2.24, 2.45) is 0 Å². The zero-order valence-electron chi connectivity index (χ0n) is 17.6. The summed E-state index contributed by atoms with van der Waals surface area (Å²) in [4.78, 5) is 35.5. The quantitative estimate of drug-likeness (QED) is 0.403. The Labute approximate surface area is 189 Å². The topological polar surface area (TPSA) is 136 Å². The maximum atomic E-state index is 12.6. The fourth-order valence-electron chi connectivity index (χ4n) is 3.18. The lowest BCUT2D eigenvalue weighted by atomic mass is 10.1. The fraction of sp³-hybridized carbons (Fsp3) is 0.174. The number of amides is 1. The molecule has 0 spiro atoms. The Balaban J connectivity index is 1.36. The summed E-state index contributed by atoms with van der Waals surface area (Å²) in [6, 6.07) is 9.51. The highest BCUT2D eigenvalue weighted by molar-refractivity contribution is 5.94. The fourth-order valence-corrected chi connectivity index (χ4v) is 3.18. The van der Waals surface area contributed by atoms with E-state index in [1.807, 2.05) is 24.3 Å². The van der Waals surface area contributed by atoms with Gasteiger partial charge in [0.1, 0.15) is 12.0 Å². The molecular weight excluding hydrogens is 422 g/mol. The predicted octanol–water partition coefficient (Wildman–Crippen LogP) is 2.59. The molecule has 0 bridgehead atoms. The van der Waals surface area contributed by atoms with Crippen LogP contribution in [0.5, 0.6) is 0 Å². The van der Waals surface area contributed by atoms with Crippen molar-refractivity contribution in [3.8, 4) is 22.4 Å². The molecule has 0 radical (unpaired) electrons. The predicted molar refractivity (Wildman–Crippen MR) is 119 cm³/mol. The number of carbonyl (C=O) groups excluding carboxylic acids is 1. The largest absolute Gasteiger partial charge is 0.481 e. The standard InChI is InChI=1S/C23H21N7O3/c31-22(32)2-1-7-30-14-21(28-29-30)18-8-19(11-24-10-18)23(33)27-9-16-3-5-17(6-4-16)20-12-25-15-26-13-20/h3-6,8,10-15H,1-2,7,9H2,(H,27,33)(H,31,32). The summed E-state index contributed by atoms with van der Waals surface area (Å²) < 4.78 is 1.58. The molecule has 33 heavy (non-hydrogen) atoms. The van der Waals surface area contributed by atoms with E-state index in [4.69, 9.17) is 5.11 Å². The van der Waals surface area contributed by atoms with Crippen molar-refractivity contribution < 1.29 is 14.7 Å². The van der Waals surface area contributed by atoms with E-state index in [1.165, 1.54) is 12.5 Å². The third kappa shape index (κ3) is 5.82. The second kappa shape index (κ2) is 10.2. The summed E-state index contributed by atoms with van der Waals surface area (Å²) in [5.74, 6) is -1.10. The molecule has 166 valence electrons. The molecule has 0 saturated heterocycles. The van der Waals surface area contributed by atoms with Crippen LogP contribution in [0, 0.1) is 0 Å². The Morgan fingerprint density at radius 1 is 0.939 bits per heavy atom. The summed E-state index contributed by atoms with van der Waals surface area (Å²) in [6.45, 7) is 0.817. The van der Waals surface area contributed by atoms with Crippen LogP contribution in [0.4, 0.5) is 0 Å². The maximum absolute atomic E-state index is 12.6. The van der Waals surface area contributed by atoms with Gasteiger partial charge in [0.2, 0.25) is 0 Å². The molecule has 10 nitrogen and oxygen atoms in total. The summed E-state index contributed by atoms with van der Waals surface area (Å²) in [5.41, 5.74) is 4.51. The summed E-state index contributed by atoms with van der Waals surface area (Å²) in [6.07, 6.45) is 10.3. The van der Waals surface area contributed by atoms with Gasteiger partial charge in [0, 0.05) is 55.4 Å². The molecule has 0 aliphatic carbocycles. The highest BCUT2D eigenvalue weighted by Gasteiger charge is 2.11. The second-order valence-electron chi connectivity index (χ2n) is 7.33. The molecule has 3 heterocycles. The van der Waals surface area contributed by atoms with Gasteiger partial charge in [-0.15, -0.1) is 5.10 Å². The molecule has 0 aliphatic rings. The van der Waals surface area contributed by atoms with E-state index in [0.717, 1.165) is 16.7 Å². The first-order valence-corrected chi connectivity index (χ1v) is 10.3. The first-order valence-electron chi connectivity index (χ1n) is 10.3. The van der Waals surface area contributed by atoms with Gasteiger partial charge in [-0.2, -0.15) is 0 Å². The number of benzene rings is 1. The van der Waals surface area contributed by atoms with E-state index < -0.39 is 5.97 Å². The van der Waals surface area contributed by atoms with E-state index in [1.54, 1.807) is 35.5 Å². The Bertz CT molecular complexity index is 1240. The van der Waals surface area contributed by atoms with Crippen LogP contribution in [0.15, 0.2) is 67.6 Å². The Morgan fingerprint density at radius 3 is 2.45 bits per heavy atom. The number of carbonyl (C=O) groups is 2. The van der Waals surface area contributed by atoms with Crippen molar-refractivity contribution >= 4 is 11.9 Å². The number of hydrogen-bond donors (Lipinski definition) is 2. The smallest absolute Gasteiger partial charge is 0.303 e. The molecule has 1 aromatic carbocycles. The monoisotopic (exact) mass is 443 g/mol. The summed E-state index contributed by atoms with van der Waals surface area (Å²) in [5, 5.41) is 19.7. The average molecular weight is 443 g/mol. The third-order valence-electron chi connectivity index (χ3n) is 4.91. The Hall–Kier alpha value is -4.47. The third-order valence-corrected chi connectivity index (χ3v) is 4.91. The number of nitrogens with one attached hydrogen (secondary N) is 1. The van der Waals surface area contributed by atoms with Gasteiger partial charge >= 0.3 is 5.97 Å². The molecule has 0 unspecified atom stereocenters. The maximum Gasteiger partial charge on any atom is 0.303 e. The lowest BCUT2D eigenvalue weighted by Crippen LogP contribution is -2.22. The van der Waals surface area contributed by atoms with Gasteiger partial charge < -0.3 is 10.4 Å². The average Bonchev–Trinajstić information content (AvgIpc) is 3.32. The van der Waals surface area contributed by atoms with E-state index in [2.05, 4.69) is 30.6 Å². The first-order chi connectivity index (χ1) is 16.1. The van der Waals surface area contributed by atoms with Gasteiger partial charge in [0.05, 0.1) is 11.8 Å². The molecule has 0 aliphatic heterocycles. The van der Waals surface area contributed by atoms with Gasteiger partial charge in [-0.25, -0.2) is 9.97 Å². The molecule has 4 aromatic rings. The van der Waals surface area contributed by atoms with Crippen LogP contribution in [-0.2, 0) is 17.9 Å². The van der Waals surface area contributed by atoms with Crippen LogP contribution in [0.1, 0.15) is 28.8 Å². The minimum Gasteiger partial charge on any atom is -0.481 e. The lowest BCUT2D eigenvalue weighted by molar-refractivity contribution is -0.137. The van der Waals surface area contributed by atoms with Crippen molar-refractivity contribution in [3.05, 3.63) is 78.8 Å². The zero-order chi connectivity index (χ0) is 23.0. The second-order valence-corrected chi connectivity index (χ2v) is 7.33. The van der Waals surface area contributed by atoms with Crippen LogP contribution < -0.4 is 5.32 Å². The van der Waals surface area contributed by atoms with E-state index in [0.29, 0.717) is 36.3 Å². The van der Waals surface area contributed by atoms with Crippen molar-refractivity contribution in [1.29, 1.82) is 0 Å². The lowest BCUT2D eigenvalue weighted by Gasteiger charge is -2.07. The highest BCUT2D eigenvalue weighted by Crippen LogP contribution is 2.18. The first kappa shape index (κ1) is 21.8. The zero-order valence-corrected chi connectivity index (χ0v) is 17.6. The van der Waals surface area contributed by atoms with Crippen molar-refractivity contribution in [2.45, 2.75) is 25.9 Å². The van der Waals surface area contributed by atoms with Crippen LogP contribution in [0.2, 0.25) is 0 Å². The molecule has 3 aromatic heterocycles. The van der Waals surface area contributed by atoms with Gasteiger partial charge in [0.25, 0.3) is 5.91 Å². The summed E-state index contributed by atoms with van der Waals surface area (Å²) in [7, 11) is 0. The molecule has 0 fully saturated rings. The van der Waals surface area contributed by atoms with Gasteiger partial charge in [-0.05, 0) is 23.6 Å². The van der Waals surface area contributed by atoms with Crippen molar-refractivity contribution in [1.82, 2.24) is 35.3 Å². The van der Waals surface area contributed by atoms with Crippen molar-refractivity contribution in [2.75, 3.05) is 0 Å². The van der Waals surface area contributed by atoms with E-state index in [-0.39, 0.29) is 12.3 Å². The number of rotatable bonds is 9. The van der Waals surface area contributed by atoms with Crippen molar-refractivity contribution in [3.63, 3.8) is 0 Å². The van der Waals surface area contributed by atoms with Gasteiger partial charge in [-0.3, -0.25) is 19.3 Å². The SMILES string of the molecule is O=C(O)CCCn1cc(-c2cncc(C(=O)NCc3ccc(-c4cncnc4)cc3)c2)nn1. The number of pyridine rings is 1. The Morgan fingerprint density at radius 2 is 1.70 bits per heavy atom. The molecular formula is C23H21N7O3. The number of aryl methyl sites for hydroxylation is 1. The van der Waals surface area contributed by atoms with Crippen LogP contribution >= 0.6 is 0 Å². The van der Waals surface area contributed by atoms with Gasteiger partial charge in [0.15, 0.2) is 0 Å². The number of aliphatic carboxylic acids is 1. The minimum atomic E-state index is -0.847. The molecule has 4 rings (SSSR count). The van der Waals surface area contributed by atoms with Crippen LogP contribution in [-0.4, -0.2) is 46.9 Å². The number of hydrogen-bond acceptors (Lipinski definition) is 7. The molecule has 1 amide bonds. The molecule has 10 heteroatoms. The normalized spacial score (nSPS) is 10.7. The molecule has 0 atom stereocenters. The number of carboxylic acids is 1. The Kier molecular flexibility index (Phi) is 6.74. The van der Waals surface area contributed by atoms with E-state index >= 15 is 0 Å². The summed E-state index contributed by atoms with van der Waals surface area (Å²) >= 11 is 0. The minimum absolute atomic E-state index is 0.0653. The molecule has 2 N–H and O–H groups in total. The van der Waals surface area contributed by atoms with Gasteiger partial charge in [-0.1, -0.05) is 29.5 Å². The van der Waals surface area contributed by atoms with Crippen LogP contribution in [0.3, 0.4) is 0 Å².